The van der Waals surface area contributed by atoms with Crippen molar-refractivity contribution in [3.8, 4) is 0 Å². The van der Waals surface area contributed by atoms with Crippen molar-refractivity contribution in [2.45, 2.75) is 6.92 Å². The van der Waals surface area contributed by atoms with Gasteiger partial charge in [-0.15, -0.1) is 12.4 Å². The molecule has 0 radical (unpaired) electrons. The number of nitrogens with zero attached hydrogens (tertiary/aromatic N) is 1. The van der Waals surface area contributed by atoms with E-state index in [-0.39, 0.29) is 23.8 Å². The lowest BCUT2D eigenvalue weighted by Crippen LogP contribution is -2.08. The SMILES string of the molecule is C/C=N/Nc1ccc(F)cc1F.Cl.NNc1ccc(F)cc1F. The fourth-order valence-electron chi connectivity index (χ4n) is 1.32. The van der Waals surface area contributed by atoms with Gasteiger partial charge in [0.1, 0.15) is 11.6 Å². The van der Waals surface area contributed by atoms with E-state index in [1.807, 2.05) is 0 Å². The Bertz CT molecular complexity index is 653. The number of hydrogen-bond acceptors (Lipinski definition) is 4. The number of nitrogen functional groups attached to an aromatic ring is 1. The fraction of sp³-hybridized carbons (Fsp3) is 0.0714. The summed E-state index contributed by atoms with van der Waals surface area (Å²) < 4.78 is 49.8. The van der Waals surface area contributed by atoms with Crippen LogP contribution in [-0.4, -0.2) is 6.21 Å². The summed E-state index contributed by atoms with van der Waals surface area (Å²) in [5, 5.41) is 3.60. The van der Waals surface area contributed by atoms with E-state index in [0.717, 1.165) is 24.3 Å². The maximum absolute atomic E-state index is 12.8. The van der Waals surface area contributed by atoms with Crippen molar-refractivity contribution < 1.29 is 17.6 Å². The zero-order valence-corrected chi connectivity index (χ0v) is 12.8. The quantitative estimate of drug-likeness (QED) is 0.338. The van der Waals surface area contributed by atoms with E-state index < -0.39 is 23.3 Å². The molecule has 9 heteroatoms. The summed E-state index contributed by atoms with van der Waals surface area (Å²) in [5.74, 6) is 2.33. The Balaban J connectivity index is 0.000000409. The van der Waals surface area contributed by atoms with Gasteiger partial charge in [-0.3, -0.25) is 11.3 Å². The molecule has 0 aliphatic rings. The van der Waals surface area contributed by atoms with Gasteiger partial charge in [0.05, 0.1) is 11.4 Å². The predicted octanol–water partition coefficient (Wildman–Crippen LogP) is 4.05. The molecule has 0 aliphatic carbocycles. The molecule has 0 atom stereocenters. The lowest BCUT2D eigenvalue weighted by Gasteiger charge is -2.00. The number of anilines is 2. The van der Waals surface area contributed by atoms with E-state index in [1.165, 1.54) is 18.3 Å². The monoisotopic (exact) mass is 350 g/mol. The molecule has 2 aromatic rings. The van der Waals surface area contributed by atoms with Crippen molar-refractivity contribution in [3.05, 3.63) is 59.7 Å². The van der Waals surface area contributed by atoms with Crippen LogP contribution in [0.3, 0.4) is 0 Å². The minimum Gasteiger partial charge on any atom is -0.321 e. The number of rotatable bonds is 3. The first-order chi connectivity index (χ1) is 10.5. The Labute approximate surface area is 136 Å². The molecule has 4 N–H and O–H groups in total. The summed E-state index contributed by atoms with van der Waals surface area (Å²) in [4.78, 5) is 0. The third-order valence-electron chi connectivity index (χ3n) is 2.33. The Morgan fingerprint density at radius 1 is 0.913 bits per heavy atom. The van der Waals surface area contributed by atoms with Crippen LogP contribution in [0.2, 0.25) is 0 Å². The maximum Gasteiger partial charge on any atom is 0.151 e. The Morgan fingerprint density at radius 3 is 1.78 bits per heavy atom. The highest BCUT2D eigenvalue weighted by Gasteiger charge is 2.01. The molecule has 0 saturated carbocycles. The fourth-order valence-corrected chi connectivity index (χ4v) is 1.32. The Kier molecular flexibility index (Phi) is 9.36. The van der Waals surface area contributed by atoms with Crippen LogP contribution in [0.5, 0.6) is 0 Å². The van der Waals surface area contributed by atoms with E-state index in [9.17, 15) is 17.6 Å². The first kappa shape index (κ1) is 20.7. The van der Waals surface area contributed by atoms with Gasteiger partial charge < -0.3 is 5.43 Å². The lowest BCUT2D eigenvalue weighted by molar-refractivity contribution is 0.584. The van der Waals surface area contributed by atoms with Crippen molar-refractivity contribution in [3.63, 3.8) is 0 Å². The molecule has 0 aromatic heterocycles. The molecular formula is C14H15ClF4N4. The summed E-state index contributed by atoms with van der Waals surface area (Å²) in [5.41, 5.74) is 4.74. The average molecular weight is 351 g/mol. The average Bonchev–Trinajstić information content (AvgIpc) is 2.47. The minimum absolute atomic E-state index is 0. The first-order valence-corrected chi connectivity index (χ1v) is 6.08. The second-order valence-corrected chi connectivity index (χ2v) is 3.89. The molecule has 0 heterocycles. The zero-order chi connectivity index (χ0) is 16.5. The third-order valence-corrected chi connectivity index (χ3v) is 2.33. The molecule has 0 aliphatic heterocycles. The van der Waals surface area contributed by atoms with Crippen LogP contribution < -0.4 is 16.7 Å². The molecule has 0 amide bonds. The van der Waals surface area contributed by atoms with Gasteiger partial charge in [0, 0.05) is 18.3 Å². The second-order valence-electron chi connectivity index (χ2n) is 3.89. The maximum atomic E-state index is 12.8. The van der Waals surface area contributed by atoms with Crippen LogP contribution in [0.1, 0.15) is 6.92 Å². The smallest absolute Gasteiger partial charge is 0.151 e. The third kappa shape index (κ3) is 6.98. The van der Waals surface area contributed by atoms with Crippen molar-refractivity contribution in [2.75, 3.05) is 10.9 Å². The van der Waals surface area contributed by atoms with Crippen LogP contribution in [0.25, 0.3) is 0 Å². The standard InChI is InChI=1S/C8H8F2N2.C6H6F2N2.ClH/c1-2-11-12-8-4-3-6(9)5-7(8)10;7-4-1-2-6(10-9)5(8)3-4;/h2-5,12H,1H3;1-3,10H,9H2;1H/b11-2+;;. The molecule has 0 unspecified atom stereocenters. The van der Waals surface area contributed by atoms with Crippen LogP contribution in [0.4, 0.5) is 28.9 Å². The number of benzene rings is 2. The molecule has 0 fully saturated rings. The van der Waals surface area contributed by atoms with Gasteiger partial charge in [0.2, 0.25) is 0 Å². The molecule has 23 heavy (non-hydrogen) atoms. The number of hydrogen-bond donors (Lipinski definition) is 3. The minimum atomic E-state index is -0.692. The second kappa shape index (κ2) is 10.4. The largest absolute Gasteiger partial charge is 0.321 e. The highest BCUT2D eigenvalue weighted by atomic mass is 35.5. The highest BCUT2D eigenvalue weighted by molar-refractivity contribution is 5.85. The van der Waals surface area contributed by atoms with E-state index in [2.05, 4.69) is 16.0 Å². The molecular weight excluding hydrogens is 336 g/mol. The van der Waals surface area contributed by atoms with E-state index in [1.54, 1.807) is 6.92 Å². The van der Waals surface area contributed by atoms with Crippen LogP contribution >= 0.6 is 12.4 Å². The number of halogens is 5. The Hall–Kier alpha value is -2.32. The molecule has 0 saturated heterocycles. The number of hydrazone groups is 1. The van der Waals surface area contributed by atoms with E-state index >= 15 is 0 Å². The summed E-state index contributed by atoms with van der Waals surface area (Å²) in [7, 11) is 0. The zero-order valence-electron chi connectivity index (χ0n) is 12.0. The van der Waals surface area contributed by atoms with Gasteiger partial charge in [-0.2, -0.15) is 5.10 Å². The van der Waals surface area contributed by atoms with Crippen molar-refractivity contribution in [1.29, 1.82) is 0 Å². The number of nitrogens with one attached hydrogen (secondary N) is 2. The summed E-state index contributed by atoms with van der Waals surface area (Å²) >= 11 is 0. The lowest BCUT2D eigenvalue weighted by atomic mass is 10.3. The van der Waals surface area contributed by atoms with Crippen molar-refractivity contribution in [2.24, 2.45) is 10.9 Å². The molecule has 126 valence electrons. The van der Waals surface area contributed by atoms with Gasteiger partial charge in [-0.05, 0) is 31.2 Å². The van der Waals surface area contributed by atoms with Gasteiger partial charge in [0.25, 0.3) is 0 Å². The molecule has 4 nitrogen and oxygen atoms in total. The van der Waals surface area contributed by atoms with Crippen LogP contribution in [0, 0.1) is 23.3 Å². The Morgan fingerprint density at radius 2 is 1.39 bits per heavy atom. The topological polar surface area (TPSA) is 62.4 Å². The van der Waals surface area contributed by atoms with Gasteiger partial charge >= 0.3 is 0 Å². The molecule has 2 rings (SSSR count). The number of hydrazine groups is 1. The van der Waals surface area contributed by atoms with Crippen LogP contribution in [0.15, 0.2) is 41.5 Å². The summed E-state index contributed by atoms with van der Waals surface area (Å²) in [6.07, 6.45) is 1.47. The van der Waals surface area contributed by atoms with Crippen molar-refractivity contribution >= 4 is 30.0 Å². The van der Waals surface area contributed by atoms with Gasteiger partial charge in [-0.1, -0.05) is 0 Å². The van der Waals surface area contributed by atoms with Gasteiger partial charge in [-0.25, -0.2) is 17.6 Å². The first-order valence-electron chi connectivity index (χ1n) is 6.08. The summed E-state index contributed by atoms with van der Waals surface area (Å²) in [6, 6.07) is 6.36. The summed E-state index contributed by atoms with van der Waals surface area (Å²) in [6.45, 7) is 1.69. The molecule has 2 aromatic carbocycles. The predicted molar refractivity (Wildman–Crippen MR) is 85.6 cm³/mol. The van der Waals surface area contributed by atoms with Gasteiger partial charge in [0.15, 0.2) is 11.6 Å². The van der Waals surface area contributed by atoms with Crippen molar-refractivity contribution in [1.82, 2.24) is 0 Å². The van der Waals surface area contributed by atoms with E-state index in [0.29, 0.717) is 0 Å². The molecule has 0 bridgehead atoms. The van der Waals surface area contributed by atoms with E-state index in [4.69, 9.17) is 5.84 Å². The van der Waals surface area contributed by atoms with Crippen LogP contribution in [-0.2, 0) is 0 Å². The highest BCUT2D eigenvalue weighted by Crippen LogP contribution is 2.14. The number of nitrogens with two attached hydrogens (primary N) is 1. The molecule has 0 spiro atoms. The normalized spacial score (nSPS) is 9.65.